The minimum absolute atomic E-state index is 0.0205. The summed E-state index contributed by atoms with van der Waals surface area (Å²) in [6, 6.07) is 7.80. The summed E-state index contributed by atoms with van der Waals surface area (Å²) in [5.41, 5.74) is -0.385. The topological polar surface area (TPSA) is 135 Å². The number of guanidine groups is 1. The van der Waals surface area contributed by atoms with E-state index in [1.54, 1.807) is 0 Å². The second kappa shape index (κ2) is 7.97. The van der Waals surface area contributed by atoms with Gasteiger partial charge in [0.2, 0.25) is 11.9 Å². The van der Waals surface area contributed by atoms with Crippen molar-refractivity contribution >= 4 is 17.8 Å². The Morgan fingerprint density at radius 3 is 2.56 bits per heavy atom. The Morgan fingerprint density at radius 2 is 1.96 bits per heavy atom. The van der Waals surface area contributed by atoms with E-state index in [9.17, 15) is 24.3 Å². The molecule has 0 heterocycles. The third-order valence-electron chi connectivity index (χ3n) is 3.50. The monoisotopic (exact) mass is 370 g/mol. The van der Waals surface area contributed by atoms with Gasteiger partial charge in [0, 0.05) is 18.1 Å². The molecule has 0 radical (unpaired) electrons. The standard InChI is InChI=1S/C18H15FN4O4/c1-9(24)22-18(21)23-17(26)16-13(25)5-3-10(8-20)15(16)12-7-11(19)4-6-14(12)27-2/h3-7,25H,1-2H3,(H3,21,22,23,24,26). The van der Waals surface area contributed by atoms with Crippen LogP contribution in [0.25, 0.3) is 11.1 Å². The number of nitrogens with zero attached hydrogens (tertiary/aromatic N) is 1. The molecule has 0 unspecified atom stereocenters. The van der Waals surface area contributed by atoms with Gasteiger partial charge in [0.25, 0.3) is 5.91 Å². The molecule has 8 nitrogen and oxygen atoms in total. The predicted molar refractivity (Wildman–Crippen MR) is 93.8 cm³/mol. The van der Waals surface area contributed by atoms with Crippen LogP contribution in [-0.4, -0.2) is 30.0 Å². The van der Waals surface area contributed by atoms with Crippen molar-refractivity contribution in [3.63, 3.8) is 0 Å². The van der Waals surface area contributed by atoms with Gasteiger partial charge in [-0.3, -0.25) is 25.6 Å². The van der Waals surface area contributed by atoms with E-state index in [-0.39, 0.29) is 28.0 Å². The average Bonchev–Trinajstić information content (AvgIpc) is 2.60. The van der Waals surface area contributed by atoms with E-state index in [0.29, 0.717) is 0 Å². The lowest BCUT2D eigenvalue weighted by atomic mass is 9.92. The number of carbonyl (C=O) groups is 2. The Morgan fingerprint density at radius 1 is 1.26 bits per heavy atom. The first-order valence-corrected chi connectivity index (χ1v) is 7.56. The fourth-order valence-corrected chi connectivity index (χ4v) is 2.45. The molecule has 138 valence electrons. The smallest absolute Gasteiger partial charge is 0.262 e. The third kappa shape index (κ3) is 4.19. The van der Waals surface area contributed by atoms with Crippen molar-refractivity contribution in [1.82, 2.24) is 10.6 Å². The van der Waals surface area contributed by atoms with Crippen LogP contribution in [0.3, 0.4) is 0 Å². The predicted octanol–water partition coefficient (Wildman–Crippen LogP) is 1.88. The van der Waals surface area contributed by atoms with Crippen LogP contribution in [0.4, 0.5) is 4.39 Å². The highest BCUT2D eigenvalue weighted by Gasteiger charge is 2.24. The minimum atomic E-state index is -0.968. The van der Waals surface area contributed by atoms with Gasteiger partial charge >= 0.3 is 0 Å². The molecule has 0 aliphatic rings. The first-order valence-electron chi connectivity index (χ1n) is 7.56. The van der Waals surface area contributed by atoms with E-state index in [4.69, 9.17) is 10.1 Å². The van der Waals surface area contributed by atoms with Crippen LogP contribution in [0.1, 0.15) is 22.8 Å². The van der Waals surface area contributed by atoms with Crippen LogP contribution < -0.4 is 15.4 Å². The Kier molecular flexibility index (Phi) is 5.72. The molecule has 9 heteroatoms. The second-order valence-corrected chi connectivity index (χ2v) is 5.35. The van der Waals surface area contributed by atoms with Crippen LogP contribution in [0.15, 0.2) is 30.3 Å². The van der Waals surface area contributed by atoms with Crippen LogP contribution in [0.2, 0.25) is 0 Å². The van der Waals surface area contributed by atoms with Gasteiger partial charge in [-0.1, -0.05) is 0 Å². The number of hydrogen-bond donors (Lipinski definition) is 4. The summed E-state index contributed by atoms with van der Waals surface area (Å²) in [6.07, 6.45) is 0. The van der Waals surface area contributed by atoms with Crippen molar-refractivity contribution in [3.05, 3.63) is 47.3 Å². The first-order chi connectivity index (χ1) is 12.8. The van der Waals surface area contributed by atoms with Crippen molar-refractivity contribution in [2.75, 3.05) is 7.11 Å². The minimum Gasteiger partial charge on any atom is -0.507 e. The maximum Gasteiger partial charge on any atom is 0.262 e. The molecule has 0 aliphatic heterocycles. The van der Waals surface area contributed by atoms with Crippen molar-refractivity contribution in [2.45, 2.75) is 6.92 Å². The largest absolute Gasteiger partial charge is 0.507 e. The van der Waals surface area contributed by atoms with E-state index in [0.717, 1.165) is 25.1 Å². The van der Waals surface area contributed by atoms with Gasteiger partial charge in [0.1, 0.15) is 17.3 Å². The lowest BCUT2D eigenvalue weighted by Gasteiger charge is -2.16. The summed E-state index contributed by atoms with van der Waals surface area (Å²) < 4.78 is 19.0. The molecule has 0 bridgehead atoms. The molecular weight excluding hydrogens is 355 g/mol. The van der Waals surface area contributed by atoms with Crippen LogP contribution in [-0.2, 0) is 4.79 Å². The third-order valence-corrected chi connectivity index (χ3v) is 3.50. The lowest BCUT2D eigenvalue weighted by molar-refractivity contribution is -0.117. The zero-order valence-electron chi connectivity index (χ0n) is 14.4. The average molecular weight is 370 g/mol. The highest BCUT2D eigenvalue weighted by atomic mass is 19.1. The van der Waals surface area contributed by atoms with E-state index in [2.05, 4.69) is 10.6 Å². The highest BCUT2D eigenvalue weighted by molar-refractivity contribution is 6.13. The van der Waals surface area contributed by atoms with Crippen molar-refractivity contribution < 1.29 is 23.8 Å². The second-order valence-electron chi connectivity index (χ2n) is 5.35. The van der Waals surface area contributed by atoms with Gasteiger partial charge in [0.05, 0.1) is 24.3 Å². The Bertz CT molecular complexity index is 982. The molecule has 0 spiro atoms. The van der Waals surface area contributed by atoms with Crippen LogP contribution in [0, 0.1) is 22.6 Å². The maximum absolute atomic E-state index is 13.8. The molecule has 0 saturated carbocycles. The lowest BCUT2D eigenvalue weighted by Crippen LogP contribution is -2.42. The molecule has 2 rings (SSSR count). The van der Waals surface area contributed by atoms with Crippen molar-refractivity contribution in [3.8, 4) is 28.7 Å². The summed E-state index contributed by atoms with van der Waals surface area (Å²) in [5.74, 6) is -3.14. The van der Waals surface area contributed by atoms with E-state index in [1.165, 1.54) is 19.2 Å². The Hall–Kier alpha value is -3.93. The summed E-state index contributed by atoms with van der Waals surface area (Å²) in [7, 11) is 1.33. The number of phenols is 1. The summed E-state index contributed by atoms with van der Waals surface area (Å²) in [4.78, 5) is 23.6. The number of carbonyl (C=O) groups excluding carboxylic acids is 2. The van der Waals surface area contributed by atoms with Crippen molar-refractivity contribution in [1.29, 1.82) is 10.7 Å². The SMILES string of the molecule is COc1ccc(F)cc1-c1c(C#N)ccc(O)c1C(=O)NC(=N)NC(C)=O. The quantitative estimate of drug-likeness (QED) is 0.483. The van der Waals surface area contributed by atoms with Crippen molar-refractivity contribution in [2.24, 2.45) is 0 Å². The number of rotatable bonds is 3. The molecule has 2 aromatic rings. The molecule has 27 heavy (non-hydrogen) atoms. The summed E-state index contributed by atoms with van der Waals surface area (Å²) in [5, 5.41) is 31.3. The molecule has 2 amide bonds. The van der Waals surface area contributed by atoms with Gasteiger partial charge in [-0.2, -0.15) is 5.26 Å². The number of nitriles is 1. The number of aromatic hydroxyl groups is 1. The molecule has 0 saturated heterocycles. The Balaban J connectivity index is 2.68. The van der Waals surface area contributed by atoms with Gasteiger partial charge in [-0.05, 0) is 30.3 Å². The number of hydrogen-bond acceptors (Lipinski definition) is 6. The number of nitrogens with one attached hydrogen (secondary N) is 3. The zero-order valence-corrected chi connectivity index (χ0v) is 14.4. The van der Waals surface area contributed by atoms with Gasteiger partial charge in [0.15, 0.2) is 0 Å². The number of methoxy groups -OCH3 is 1. The highest BCUT2D eigenvalue weighted by Crippen LogP contribution is 2.38. The van der Waals surface area contributed by atoms with Gasteiger partial charge in [-0.25, -0.2) is 4.39 Å². The first kappa shape index (κ1) is 19.4. The molecule has 0 aromatic heterocycles. The molecular formula is C18H15FN4O4. The number of halogens is 1. The van der Waals surface area contributed by atoms with Gasteiger partial charge in [-0.15, -0.1) is 0 Å². The van der Waals surface area contributed by atoms with Crippen LogP contribution in [0.5, 0.6) is 11.5 Å². The summed E-state index contributed by atoms with van der Waals surface area (Å²) >= 11 is 0. The number of phenolic OH excluding ortho intramolecular Hbond substituents is 1. The molecule has 0 fully saturated rings. The molecule has 0 atom stereocenters. The zero-order chi connectivity index (χ0) is 20.1. The fraction of sp³-hybridized carbons (Fsp3) is 0.111. The number of benzene rings is 2. The molecule has 4 N–H and O–H groups in total. The normalized spacial score (nSPS) is 9.85. The fourth-order valence-electron chi connectivity index (χ4n) is 2.45. The van der Waals surface area contributed by atoms with Gasteiger partial charge < -0.3 is 9.84 Å². The van der Waals surface area contributed by atoms with E-state index in [1.807, 2.05) is 6.07 Å². The summed E-state index contributed by atoms with van der Waals surface area (Å²) in [6.45, 7) is 1.15. The van der Waals surface area contributed by atoms with E-state index < -0.39 is 29.3 Å². The molecule has 2 aromatic carbocycles. The van der Waals surface area contributed by atoms with E-state index >= 15 is 0 Å². The number of ether oxygens (including phenoxy) is 1. The Labute approximate surface area is 153 Å². The number of amides is 2. The maximum atomic E-state index is 13.8. The van der Waals surface area contributed by atoms with Crippen LogP contribution >= 0.6 is 0 Å². The molecule has 0 aliphatic carbocycles.